The molecule has 0 saturated carbocycles. The third-order valence-corrected chi connectivity index (χ3v) is 6.45. The maximum atomic E-state index is 13.9. The number of nitrogens with zero attached hydrogens (tertiary/aromatic N) is 4. The van der Waals surface area contributed by atoms with Crippen LogP contribution in [0, 0.1) is 5.82 Å². The van der Waals surface area contributed by atoms with Gasteiger partial charge in [-0.1, -0.05) is 6.07 Å². The van der Waals surface area contributed by atoms with Crippen molar-refractivity contribution in [1.29, 1.82) is 0 Å². The highest BCUT2D eigenvalue weighted by molar-refractivity contribution is 5.64. The van der Waals surface area contributed by atoms with Gasteiger partial charge in [0.05, 0.1) is 30.7 Å². The van der Waals surface area contributed by atoms with E-state index in [2.05, 4.69) is 15.2 Å². The van der Waals surface area contributed by atoms with Crippen LogP contribution in [0.15, 0.2) is 48.7 Å². The number of halogens is 4. The maximum absolute atomic E-state index is 13.9. The fourth-order valence-electron chi connectivity index (χ4n) is 4.67. The van der Waals surface area contributed by atoms with Gasteiger partial charge >= 0.3 is 6.18 Å². The summed E-state index contributed by atoms with van der Waals surface area (Å²) in [5, 5.41) is 3.28. The monoisotopic (exact) mass is 501 g/mol. The molecule has 1 N–H and O–H groups in total. The fourth-order valence-corrected chi connectivity index (χ4v) is 4.67. The zero-order chi connectivity index (χ0) is 25.1. The van der Waals surface area contributed by atoms with E-state index < -0.39 is 17.6 Å². The summed E-state index contributed by atoms with van der Waals surface area (Å²) in [6.07, 6.45) is -0.618. The molecular weight excluding hydrogens is 474 g/mol. The Kier molecular flexibility index (Phi) is 6.95. The molecule has 0 spiro atoms. The summed E-state index contributed by atoms with van der Waals surface area (Å²) in [5.74, 6) is 0.323. The molecule has 0 atom stereocenters. The Labute approximate surface area is 206 Å². The Morgan fingerprint density at radius 1 is 1.00 bits per heavy atom. The number of fused-ring (bicyclic) bond motifs is 1. The molecule has 5 rings (SSSR count). The van der Waals surface area contributed by atoms with Gasteiger partial charge in [-0.05, 0) is 61.2 Å². The second-order valence-electron chi connectivity index (χ2n) is 8.98. The molecule has 1 aromatic heterocycles. The highest BCUT2D eigenvalue weighted by atomic mass is 19.4. The number of alkyl halides is 3. The van der Waals surface area contributed by atoms with Gasteiger partial charge in [-0.2, -0.15) is 13.2 Å². The number of nitrogens with one attached hydrogen (secondary N) is 1. The first kappa shape index (κ1) is 24.3. The van der Waals surface area contributed by atoms with Crippen LogP contribution >= 0.6 is 0 Å². The predicted octanol–water partition coefficient (Wildman–Crippen LogP) is 5.56. The quantitative estimate of drug-likeness (QED) is 0.462. The van der Waals surface area contributed by atoms with Crippen molar-refractivity contribution < 1.29 is 22.3 Å². The molecule has 190 valence electrons. The molecule has 0 bridgehead atoms. The van der Waals surface area contributed by atoms with Gasteiger partial charge in [0.1, 0.15) is 5.82 Å². The summed E-state index contributed by atoms with van der Waals surface area (Å²) >= 11 is 0. The number of rotatable bonds is 5. The lowest BCUT2D eigenvalue weighted by Crippen LogP contribution is -2.36. The lowest BCUT2D eigenvalue weighted by Gasteiger charge is -2.29. The molecule has 0 amide bonds. The van der Waals surface area contributed by atoms with Crippen molar-refractivity contribution in [3.8, 4) is 0 Å². The van der Waals surface area contributed by atoms with E-state index in [4.69, 9.17) is 9.72 Å². The Morgan fingerprint density at radius 2 is 1.83 bits per heavy atom. The van der Waals surface area contributed by atoms with Crippen LogP contribution in [0.4, 0.5) is 40.6 Å². The van der Waals surface area contributed by atoms with E-state index in [1.807, 2.05) is 24.3 Å². The van der Waals surface area contributed by atoms with E-state index in [0.717, 1.165) is 61.2 Å². The molecule has 2 aliphatic heterocycles. The van der Waals surface area contributed by atoms with Crippen LogP contribution in [0.1, 0.15) is 29.7 Å². The molecule has 10 heteroatoms. The first-order chi connectivity index (χ1) is 17.4. The Balaban J connectivity index is 1.41. The van der Waals surface area contributed by atoms with Crippen molar-refractivity contribution >= 4 is 23.0 Å². The molecular formula is C26H27F4N5O. The third kappa shape index (κ3) is 5.53. The lowest BCUT2D eigenvalue weighted by molar-refractivity contribution is -0.138. The average Bonchev–Trinajstić information content (AvgIpc) is 3.06. The number of aromatic nitrogens is 2. The third-order valence-electron chi connectivity index (χ3n) is 6.45. The van der Waals surface area contributed by atoms with Crippen LogP contribution in [0.5, 0.6) is 0 Å². The summed E-state index contributed by atoms with van der Waals surface area (Å²) in [6, 6.07) is 10.6. The van der Waals surface area contributed by atoms with Crippen LogP contribution < -0.4 is 15.1 Å². The van der Waals surface area contributed by atoms with Gasteiger partial charge in [0, 0.05) is 37.6 Å². The first-order valence-electron chi connectivity index (χ1n) is 12.0. The van der Waals surface area contributed by atoms with Crippen molar-refractivity contribution in [2.24, 2.45) is 0 Å². The largest absolute Gasteiger partial charge is 0.416 e. The summed E-state index contributed by atoms with van der Waals surface area (Å²) in [5.41, 5.74) is 1.67. The smallest absolute Gasteiger partial charge is 0.378 e. The van der Waals surface area contributed by atoms with Gasteiger partial charge in [-0.25, -0.2) is 9.37 Å². The van der Waals surface area contributed by atoms with Gasteiger partial charge in [0.15, 0.2) is 11.6 Å². The van der Waals surface area contributed by atoms with Gasteiger partial charge in [-0.3, -0.25) is 4.98 Å². The maximum Gasteiger partial charge on any atom is 0.416 e. The summed E-state index contributed by atoms with van der Waals surface area (Å²) in [7, 11) is 0. The molecule has 0 aliphatic carbocycles. The van der Waals surface area contributed by atoms with Crippen LogP contribution in [0.25, 0.3) is 0 Å². The lowest BCUT2D eigenvalue weighted by atomic mass is 10.1. The molecule has 0 unspecified atom stereocenters. The second-order valence-corrected chi connectivity index (χ2v) is 8.98. The minimum absolute atomic E-state index is 0.107. The Hall–Kier alpha value is -3.40. The topological polar surface area (TPSA) is 53.5 Å². The molecule has 1 saturated heterocycles. The van der Waals surface area contributed by atoms with Crippen molar-refractivity contribution in [3.05, 3.63) is 71.3 Å². The normalized spacial score (nSPS) is 16.4. The van der Waals surface area contributed by atoms with Crippen LogP contribution in [0.2, 0.25) is 0 Å². The Morgan fingerprint density at radius 3 is 2.64 bits per heavy atom. The zero-order valence-electron chi connectivity index (χ0n) is 19.7. The highest BCUT2D eigenvalue weighted by Crippen LogP contribution is 2.35. The Bertz CT molecular complexity index is 1210. The summed E-state index contributed by atoms with van der Waals surface area (Å²) in [6.45, 7) is 3.40. The number of hydrogen-bond donors (Lipinski definition) is 1. The second kappa shape index (κ2) is 10.3. The number of benzene rings is 2. The molecule has 1 fully saturated rings. The number of anilines is 4. The first-order valence-corrected chi connectivity index (χ1v) is 12.0. The highest BCUT2D eigenvalue weighted by Gasteiger charge is 2.34. The molecule has 0 radical (unpaired) electrons. The van der Waals surface area contributed by atoms with Gasteiger partial charge in [0.2, 0.25) is 0 Å². The number of ether oxygens (including phenoxy) is 1. The number of hydrogen-bond acceptors (Lipinski definition) is 6. The zero-order valence-corrected chi connectivity index (χ0v) is 19.7. The van der Waals surface area contributed by atoms with E-state index in [1.165, 1.54) is 0 Å². The van der Waals surface area contributed by atoms with Crippen molar-refractivity contribution in [1.82, 2.24) is 9.97 Å². The van der Waals surface area contributed by atoms with Crippen molar-refractivity contribution in [3.63, 3.8) is 0 Å². The molecule has 2 aliphatic rings. The van der Waals surface area contributed by atoms with E-state index >= 15 is 0 Å². The van der Waals surface area contributed by atoms with Crippen molar-refractivity contribution in [2.45, 2.75) is 32.0 Å². The van der Waals surface area contributed by atoms with Crippen LogP contribution in [-0.4, -0.2) is 42.8 Å². The van der Waals surface area contributed by atoms with Crippen LogP contribution in [0.3, 0.4) is 0 Å². The minimum atomic E-state index is -4.57. The fraction of sp³-hybridized carbons (Fsp3) is 0.385. The van der Waals surface area contributed by atoms with E-state index in [1.54, 1.807) is 11.1 Å². The molecule has 6 nitrogen and oxygen atoms in total. The molecule has 3 aromatic rings. The standard InChI is InChI=1S/C26H27F4N5O/c27-19-7-8-22(26(28,29)30)18(14-19)17-35-9-2-1-6-23-25(35)33-24(16-31-23)32-20-4-3-5-21(15-20)34-10-12-36-13-11-34/h3-5,7-8,14-16H,1-2,6,9-13,17H2,(H,32,33). The van der Waals surface area contributed by atoms with E-state index in [0.29, 0.717) is 37.8 Å². The summed E-state index contributed by atoms with van der Waals surface area (Å²) in [4.78, 5) is 13.3. The van der Waals surface area contributed by atoms with E-state index in [9.17, 15) is 17.6 Å². The minimum Gasteiger partial charge on any atom is -0.378 e. The van der Waals surface area contributed by atoms with Gasteiger partial charge in [-0.15, -0.1) is 0 Å². The molecule has 36 heavy (non-hydrogen) atoms. The van der Waals surface area contributed by atoms with Gasteiger partial charge in [0.25, 0.3) is 0 Å². The molecule has 2 aromatic carbocycles. The van der Waals surface area contributed by atoms with E-state index in [-0.39, 0.29) is 12.1 Å². The summed E-state index contributed by atoms with van der Waals surface area (Å²) < 4.78 is 60.1. The SMILES string of the molecule is Fc1ccc(C(F)(F)F)c(CN2CCCCc3ncc(Nc4cccc(N5CCOCC5)c4)nc32)c1. The molecule has 3 heterocycles. The number of aryl methyl sites for hydroxylation is 1. The van der Waals surface area contributed by atoms with Crippen LogP contribution in [-0.2, 0) is 23.9 Å². The predicted molar refractivity (Wildman–Crippen MR) is 130 cm³/mol. The average molecular weight is 502 g/mol. The number of morpholine rings is 1. The van der Waals surface area contributed by atoms with Crippen molar-refractivity contribution in [2.75, 3.05) is 48.0 Å². The van der Waals surface area contributed by atoms with Gasteiger partial charge < -0.3 is 19.9 Å².